The second-order valence-electron chi connectivity index (χ2n) is 6.53. The number of urea groups is 1. The monoisotopic (exact) mass is 367 g/mol. The van der Waals surface area contributed by atoms with Crippen molar-refractivity contribution in [1.82, 2.24) is 5.32 Å². The molecular formula is C21H25N3O3. The Bertz CT molecular complexity index is 756. The summed E-state index contributed by atoms with van der Waals surface area (Å²) in [5.41, 5.74) is 2.09. The molecular weight excluding hydrogens is 342 g/mol. The topological polar surface area (TPSA) is 70.7 Å². The molecule has 1 fully saturated rings. The van der Waals surface area contributed by atoms with Gasteiger partial charge in [0.15, 0.2) is 0 Å². The molecule has 2 aromatic rings. The van der Waals surface area contributed by atoms with Crippen molar-refractivity contribution < 1.29 is 14.3 Å². The summed E-state index contributed by atoms with van der Waals surface area (Å²) in [6, 6.07) is 16.3. The Morgan fingerprint density at radius 3 is 2.48 bits per heavy atom. The van der Waals surface area contributed by atoms with Gasteiger partial charge in [0, 0.05) is 42.6 Å². The van der Waals surface area contributed by atoms with E-state index in [1.54, 1.807) is 29.2 Å². The summed E-state index contributed by atoms with van der Waals surface area (Å²) < 4.78 is 5.30. The normalized spacial score (nSPS) is 16.0. The van der Waals surface area contributed by atoms with Gasteiger partial charge in [0.2, 0.25) is 0 Å². The van der Waals surface area contributed by atoms with Gasteiger partial charge in [-0.1, -0.05) is 18.2 Å². The van der Waals surface area contributed by atoms with Gasteiger partial charge in [0.05, 0.1) is 6.61 Å². The van der Waals surface area contributed by atoms with Crippen molar-refractivity contribution in [2.45, 2.75) is 13.3 Å². The third-order valence-corrected chi connectivity index (χ3v) is 4.59. The third kappa shape index (κ3) is 5.08. The van der Waals surface area contributed by atoms with Crippen molar-refractivity contribution in [1.29, 1.82) is 0 Å². The molecule has 1 aliphatic heterocycles. The van der Waals surface area contributed by atoms with E-state index in [-0.39, 0.29) is 11.9 Å². The van der Waals surface area contributed by atoms with Crippen LogP contribution < -0.4 is 15.5 Å². The molecule has 0 unspecified atom stereocenters. The molecule has 1 aliphatic rings. The summed E-state index contributed by atoms with van der Waals surface area (Å²) in [7, 11) is 0. The number of para-hydroxylation sites is 1. The zero-order valence-corrected chi connectivity index (χ0v) is 15.5. The van der Waals surface area contributed by atoms with Gasteiger partial charge in [-0.2, -0.15) is 0 Å². The fraction of sp³-hybridized carbons (Fsp3) is 0.333. The minimum absolute atomic E-state index is 0.0686. The van der Waals surface area contributed by atoms with E-state index < -0.39 is 0 Å². The van der Waals surface area contributed by atoms with Crippen LogP contribution in [0, 0.1) is 5.92 Å². The summed E-state index contributed by atoms with van der Waals surface area (Å²) >= 11 is 0. The number of anilines is 2. The Labute approximate surface area is 159 Å². The van der Waals surface area contributed by atoms with Crippen molar-refractivity contribution in [3.8, 4) is 0 Å². The minimum Gasteiger partial charge on any atom is -0.381 e. The smallest absolute Gasteiger partial charge is 0.319 e. The average Bonchev–Trinajstić information content (AvgIpc) is 3.22. The molecule has 0 saturated carbocycles. The lowest BCUT2D eigenvalue weighted by Crippen LogP contribution is -2.33. The van der Waals surface area contributed by atoms with E-state index in [4.69, 9.17) is 4.74 Å². The molecule has 1 saturated heterocycles. The van der Waals surface area contributed by atoms with Crippen LogP contribution in [0.25, 0.3) is 0 Å². The van der Waals surface area contributed by atoms with E-state index in [1.165, 1.54) is 0 Å². The van der Waals surface area contributed by atoms with Crippen molar-refractivity contribution in [2.24, 2.45) is 5.92 Å². The van der Waals surface area contributed by atoms with Crippen molar-refractivity contribution in [3.05, 3.63) is 60.2 Å². The SMILES string of the molecule is CCN(C(=O)c1ccc(NC(=O)NC[C@H]2CCOC2)cc1)c1ccccc1. The highest BCUT2D eigenvalue weighted by atomic mass is 16.5. The Kier molecular flexibility index (Phi) is 6.44. The molecule has 2 aromatic carbocycles. The maximum Gasteiger partial charge on any atom is 0.319 e. The Morgan fingerprint density at radius 2 is 1.85 bits per heavy atom. The second kappa shape index (κ2) is 9.19. The molecule has 1 atom stereocenters. The van der Waals surface area contributed by atoms with E-state index in [2.05, 4.69) is 10.6 Å². The quantitative estimate of drug-likeness (QED) is 0.821. The lowest BCUT2D eigenvalue weighted by molar-refractivity contribution is 0.0988. The van der Waals surface area contributed by atoms with Gasteiger partial charge < -0.3 is 20.3 Å². The molecule has 0 aromatic heterocycles. The molecule has 142 valence electrons. The highest BCUT2D eigenvalue weighted by molar-refractivity contribution is 6.06. The number of carbonyl (C=O) groups excluding carboxylic acids is 2. The zero-order chi connectivity index (χ0) is 19.1. The summed E-state index contributed by atoms with van der Waals surface area (Å²) in [5, 5.41) is 5.65. The maximum atomic E-state index is 12.8. The van der Waals surface area contributed by atoms with Gasteiger partial charge in [-0.05, 0) is 49.7 Å². The van der Waals surface area contributed by atoms with Crippen LogP contribution in [-0.4, -0.2) is 38.2 Å². The number of rotatable bonds is 6. The number of carbonyl (C=O) groups is 2. The zero-order valence-electron chi connectivity index (χ0n) is 15.5. The second-order valence-corrected chi connectivity index (χ2v) is 6.53. The van der Waals surface area contributed by atoms with E-state index in [0.717, 1.165) is 18.7 Å². The number of ether oxygens (including phenoxy) is 1. The number of nitrogens with zero attached hydrogens (tertiary/aromatic N) is 1. The molecule has 6 heteroatoms. The van der Waals surface area contributed by atoms with Crippen LogP contribution in [-0.2, 0) is 4.74 Å². The summed E-state index contributed by atoms with van der Waals surface area (Å²) in [5.74, 6) is 0.315. The first-order valence-corrected chi connectivity index (χ1v) is 9.27. The molecule has 2 N–H and O–H groups in total. The predicted octanol–water partition coefficient (Wildman–Crippen LogP) is 3.51. The van der Waals surface area contributed by atoms with Crippen LogP contribution in [0.15, 0.2) is 54.6 Å². The molecule has 1 heterocycles. The summed E-state index contributed by atoms with van der Waals surface area (Å²) in [4.78, 5) is 26.5. The van der Waals surface area contributed by atoms with Gasteiger partial charge in [0.1, 0.15) is 0 Å². The lowest BCUT2D eigenvalue weighted by atomic mass is 10.1. The van der Waals surface area contributed by atoms with Gasteiger partial charge >= 0.3 is 6.03 Å². The maximum absolute atomic E-state index is 12.8. The van der Waals surface area contributed by atoms with Gasteiger partial charge in [0.25, 0.3) is 5.91 Å². The third-order valence-electron chi connectivity index (χ3n) is 4.59. The Morgan fingerprint density at radius 1 is 1.11 bits per heavy atom. The van der Waals surface area contributed by atoms with Crippen molar-refractivity contribution >= 4 is 23.3 Å². The molecule has 0 radical (unpaired) electrons. The van der Waals surface area contributed by atoms with Crippen molar-refractivity contribution in [3.63, 3.8) is 0 Å². The van der Waals surface area contributed by atoms with Gasteiger partial charge in [-0.15, -0.1) is 0 Å². The number of hydrogen-bond donors (Lipinski definition) is 2. The van der Waals surface area contributed by atoms with E-state index in [0.29, 0.717) is 36.9 Å². The first kappa shape index (κ1) is 18.9. The molecule has 0 bridgehead atoms. The number of nitrogens with one attached hydrogen (secondary N) is 2. The highest BCUT2D eigenvalue weighted by Gasteiger charge is 2.17. The summed E-state index contributed by atoms with van der Waals surface area (Å²) in [6.45, 7) is 4.59. The Hall–Kier alpha value is -2.86. The van der Waals surface area contributed by atoms with Crippen LogP contribution in [0.3, 0.4) is 0 Å². The first-order chi connectivity index (χ1) is 13.2. The fourth-order valence-electron chi connectivity index (χ4n) is 3.06. The van der Waals surface area contributed by atoms with Crippen LogP contribution in [0.2, 0.25) is 0 Å². The lowest BCUT2D eigenvalue weighted by Gasteiger charge is -2.21. The number of benzene rings is 2. The molecule has 3 amide bonds. The van der Waals surface area contributed by atoms with Crippen LogP contribution in [0.4, 0.5) is 16.2 Å². The standard InChI is InChI=1S/C21H25N3O3/c1-2-24(19-6-4-3-5-7-19)20(25)17-8-10-18(11-9-17)23-21(26)22-14-16-12-13-27-15-16/h3-11,16H,2,12-15H2,1H3,(H2,22,23,26)/t16-/m1/s1. The molecule has 3 rings (SSSR count). The van der Waals surface area contributed by atoms with Crippen LogP contribution in [0.1, 0.15) is 23.7 Å². The fourth-order valence-corrected chi connectivity index (χ4v) is 3.06. The van der Waals surface area contributed by atoms with E-state index in [1.807, 2.05) is 37.3 Å². The van der Waals surface area contributed by atoms with Crippen LogP contribution in [0.5, 0.6) is 0 Å². The van der Waals surface area contributed by atoms with Crippen LogP contribution >= 0.6 is 0 Å². The number of amides is 3. The molecule has 0 spiro atoms. The highest BCUT2D eigenvalue weighted by Crippen LogP contribution is 2.18. The molecule has 0 aliphatic carbocycles. The first-order valence-electron chi connectivity index (χ1n) is 9.27. The molecule has 27 heavy (non-hydrogen) atoms. The van der Waals surface area contributed by atoms with Gasteiger partial charge in [-0.3, -0.25) is 4.79 Å². The number of hydrogen-bond acceptors (Lipinski definition) is 3. The minimum atomic E-state index is -0.250. The average molecular weight is 367 g/mol. The Balaban J connectivity index is 1.57. The van der Waals surface area contributed by atoms with Gasteiger partial charge in [-0.25, -0.2) is 4.79 Å². The van der Waals surface area contributed by atoms with Crippen molar-refractivity contribution in [2.75, 3.05) is 36.5 Å². The van der Waals surface area contributed by atoms with E-state index in [9.17, 15) is 9.59 Å². The predicted molar refractivity (Wildman–Crippen MR) is 106 cm³/mol. The largest absolute Gasteiger partial charge is 0.381 e. The molecule has 6 nitrogen and oxygen atoms in total. The summed E-state index contributed by atoms with van der Waals surface area (Å²) in [6.07, 6.45) is 0.979. The van der Waals surface area contributed by atoms with E-state index >= 15 is 0 Å².